The van der Waals surface area contributed by atoms with Gasteiger partial charge in [0.15, 0.2) is 0 Å². The zero-order valence-electron chi connectivity index (χ0n) is 12.4. The van der Waals surface area contributed by atoms with Gasteiger partial charge in [0.25, 0.3) is 5.91 Å². The number of aromatic nitrogens is 2. The van der Waals surface area contributed by atoms with Crippen molar-refractivity contribution >= 4 is 5.91 Å². The van der Waals surface area contributed by atoms with Crippen molar-refractivity contribution in [3.05, 3.63) is 17.5 Å². The predicted octanol–water partition coefficient (Wildman–Crippen LogP) is 1.43. The van der Waals surface area contributed by atoms with Gasteiger partial charge in [0.1, 0.15) is 5.69 Å². The standard InChI is InChI=1S/C15H24N4O/c1-3-11-9-14(19(4-2)17-11)15(20)18-8-7-12-5-6-13(10-18)16-12/h9,12-13,16H,3-8,10H2,1-2H3. The first kappa shape index (κ1) is 13.6. The van der Waals surface area contributed by atoms with Crippen LogP contribution in [0.2, 0.25) is 0 Å². The monoisotopic (exact) mass is 276 g/mol. The Bertz CT molecular complexity index is 496. The predicted molar refractivity (Wildman–Crippen MR) is 77.7 cm³/mol. The summed E-state index contributed by atoms with van der Waals surface area (Å²) in [5.74, 6) is 0.147. The molecule has 2 bridgehead atoms. The van der Waals surface area contributed by atoms with Gasteiger partial charge in [-0.05, 0) is 38.7 Å². The Morgan fingerprint density at radius 2 is 2.15 bits per heavy atom. The third-order valence-corrected chi connectivity index (χ3v) is 4.52. The Hall–Kier alpha value is -1.36. The minimum Gasteiger partial charge on any atom is -0.336 e. The van der Waals surface area contributed by atoms with E-state index in [0.29, 0.717) is 12.1 Å². The average Bonchev–Trinajstić information content (AvgIpc) is 3.01. The lowest BCUT2D eigenvalue weighted by molar-refractivity contribution is 0.0735. The van der Waals surface area contributed by atoms with Crippen LogP contribution in [0.15, 0.2) is 6.07 Å². The van der Waals surface area contributed by atoms with Crippen molar-refractivity contribution in [1.82, 2.24) is 20.0 Å². The number of likely N-dealkylation sites (tertiary alicyclic amines) is 1. The van der Waals surface area contributed by atoms with Crippen molar-refractivity contribution < 1.29 is 4.79 Å². The van der Waals surface area contributed by atoms with Crippen LogP contribution >= 0.6 is 0 Å². The van der Waals surface area contributed by atoms with Crippen LogP contribution in [0.5, 0.6) is 0 Å². The van der Waals surface area contributed by atoms with E-state index in [9.17, 15) is 4.79 Å². The SMILES string of the molecule is CCc1cc(C(=O)N2CCC3CCC(C2)N3)n(CC)n1. The molecule has 2 aliphatic heterocycles. The second kappa shape index (κ2) is 5.56. The summed E-state index contributed by atoms with van der Waals surface area (Å²) in [6.07, 6.45) is 4.41. The summed E-state index contributed by atoms with van der Waals surface area (Å²) < 4.78 is 1.84. The molecule has 0 spiro atoms. The molecule has 3 rings (SSSR count). The van der Waals surface area contributed by atoms with Crippen molar-refractivity contribution in [2.45, 2.75) is 58.2 Å². The maximum absolute atomic E-state index is 12.8. The summed E-state index contributed by atoms with van der Waals surface area (Å²) in [4.78, 5) is 14.8. The van der Waals surface area contributed by atoms with Crippen LogP contribution in [-0.2, 0) is 13.0 Å². The summed E-state index contributed by atoms with van der Waals surface area (Å²) in [7, 11) is 0. The average molecular weight is 276 g/mol. The minimum absolute atomic E-state index is 0.147. The van der Waals surface area contributed by atoms with Gasteiger partial charge in [-0.2, -0.15) is 5.10 Å². The quantitative estimate of drug-likeness (QED) is 0.908. The first-order valence-corrected chi connectivity index (χ1v) is 7.83. The number of amides is 1. The van der Waals surface area contributed by atoms with E-state index in [1.54, 1.807) is 0 Å². The summed E-state index contributed by atoms with van der Waals surface area (Å²) in [5.41, 5.74) is 1.76. The molecule has 2 atom stereocenters. The van der Waals surface area contributed by atoms with Gasteiger partial charge in [-0.15, -0.1) is 0 Å². The largest absolute Gasteiger partial charge is 0.336 e. The molecule has 1 amide bonds. The highest BCUT2D eigenvalue weighted by molar-refractivity contribution is 5.92. The molecule has 1 aromatic heterocycles. The maximum atomic E-state index is 12.8. The Balaban J connectivity index is 1.79. The lowest BCUT2D eigenvalue weighted by Crippen LogP contribution is -2.39. The number of hydrogen-bond donors (Lipinski definition) is 1. The molecule has 20 heavy (non-hydrogen) atoms. The van der Waals surface area contributed by atoms with Crippen molar-refractivity contribution in [2.75, 3.05) is 13.1 Å². The fourth-order valence-corrected chi connectivity index (χ4v) is 3.35. The number of aryl methyl sites for hydroxylation is 2. The zero-order valence-corrected chi connectivity index (χ0v) is 12.4. The second-order valence-electron chi connectivity index (χ2n) is 5.87. The topological polar surface area (TPSA) is 50.2 Å². The number of hydrogen-bond acceptors (Lipinski definition) is 3. The van der Waals surface area contributed by atoms with E-state index in [4.69, 9.17) is 0 Å². The molecular weight excluding hydrogens is 252 g/mol. The third-order valence-electron chi connectivity index (χ3n) is 4.52. The smallest absolute Gasteiger partial charge is 0.272 e. The first-order valence-electron chi connectivity index (χ1n) is 7.83. The molecule has 0 aliphatic carbocycles. The number of rotatable bonds is 3. The summed E-state index contributed by atoms with van der Waals surface area (Å²) in [6.45, 7) is 6.56. The molecule has 3 heterocycles. The molecule has 1 aromatic rings. The Labute approximate surface area is 120 Å². The number of nitrogens with one attached hydrogen (secondary N) is 1. The Morgan fingerprint density at radius 3 is 2.90 bits per heavy atom. The molecule has 0 saturated carbocycles. The van der Waals surface area contributed by atoms with E-state index in [-0.39, 0.29) is 5.91 Å². The van der Waals surface area contributed by atoms with Crippen molar-refractivity contribution in [3.8, 4) is 0 Å². The van der Waals surface area contributed by atoms with Gasteiger partial charge < -0.3 is 10.2 Å². The fraction of sp³-hybridized carbons (Fsp3) is 0.733. The van der Waals surface area contributed by atoms with Crippen LogP contribution in [0.1, 0.15) is 49.3 Å². The fourth-order valence-electron chi connectivity index (χ4n) is 3.35. The number of carbonyl (C=O) groups is 1. The van der Waals surface area contributed by atoms with Crippen LogP contribution in [0.4, 0.5) is 0 Å². The van der Waals surface area contributed by atoms with E-state index in [0.717, 1.165) is 43.9 Å². The minimum atomic E-state index is 0.147. The molecule has 2 saturated heterocycles. The molecule has 5 nitrogen and oxygen atoms in total. The molecule has 0 aromatic carbocycles. The highest BCUT2D eigenvalue weighted by Gasteiger charge is 2.32. The highest BCUT2D eigenvalue weighted by Crippen LogP contribution is 2.21. The van der Waals surface area contributed by atoms with E-state index < -0.39 is 0 Å². The molecule has 1 N–H and O–H groups in total. The highest BCUT2D eigenvalue weighted by atomic mass is 16.2. The first-order chi connectivity index (χ1) is 9.71. The lowest BCUT2D eigenvalue weighted by Gasteiger charge is -2.24. The number of nitrogens with zero attached hydrogens (tertiary/aromatic N) is 3. The van der Waals surface area contributed by atoms with Gasteiger partial charge in [-0.3, -0.25) is 9.48 Å². The van der Waals surface area contributed by atoms with Gasteiger partial charge in [0.2, 0.25) is 0 Å². The summed E-state index contributed by atoms with van der Waals surface area (Å²) >= 11 is 0. The van der Waals surface area contributed by atoms with Crippen LogP contribution < -0.4 is 5.32 Å². The van der Waals surface area contributed by atoms with Crippen molar-refractivity contribution in [1.29, 1.82) is 0 Å². The normalized spacial score (nSPS) is 25.8. The van der Waals surface area contributed by atoms with Gasteiger partial charge in [-0.25, -0.2) is 0 Å². The van der Waals surface area contributed by atoms with E-state index >= 15 is 0 Å². The molecule has 2 aliphatic rings. The van der Waals surface area contributed by atoms with Crippen LogP contribution in [0, 0.1) is 0 Å². The molecule has 0 radical (unpaired) electrons. The third kappa shape index (κ3) is 2.46. The zero-order chi connectivity index (χ0) is 14.1. The van der Waals surface area contributed by atoms with Crippen LogP contribution in [0.3, 0.4) is 0 Å². The molecule has 5 heteroatoms. The van der Waals surface area contributed by atoms with E-state index in [1.165, 1.54) is 12.8 Å². The Morgan fingerprint density at radius 1 is 1.35 bits per heavy atom. The lowest BCUT2D eigenvalue weighted by atomic mass is 10.1. The molecule has 110 valence electrons. The Kier molecular flexibility index (Phi) is 3.78. The van der Waals surface area contributed by atoms with E-state index in [1.807, 2.05) is 22.6 Å². The van der Waals surface area contributed by atoms with Crippen LogP contribution in [0.25, 0.3) is 0 Å². The summed E-state index contributed by atoms with van der Waals surface area (Å²) in [6, 6.07) is 3.05. The van der Waals surface area contributed by atoms with Crippen molar-refractivity contribution in [2.24, 2.45) is 0 Å². The van der Waals surface area contributed by atoms with Crippen molar-refractivity contribution in [3.63, 3.8) is 0 Å². The van der Waals surface area contributed by atoms with Crippen LogP contribution in [-0.4, -0.2) is 45.8 Å². The molecule has 2 fully saturated rings. The van der Waals surface area contributed by atoms with E-state index in [2.05, 4.69) is 17.3 Å². The van der Waals surface area contributed by atoms with Gasteiger partial charge in [0, 0.05) is 31.7 Å². The molecule has 2 unspecified atom stereocenters. The van der Waals surface area contributed by atoms with Gasteiger partial charge in [0.05, 0.1) is 5.69 Å². The summed E-state index contributed by atoms with van der Waals surface area (Å²) in [5, 5.41) is 8.11. The van der Waals surface area contributed by atoms with Gasteiger partial charge >= 0.3 is 0 Å². The number of carbonyl (C=O) groups excluding carboxylic acids is 1. The maximum Gasteiger partial charge on any atom is 0.272 e. The molecular formula is C15H24N4O. The number of fused-ring (bicyclic) bond motifs is 2. The van der Waals surface area contributed by atoms with Gasteiger partial charge in [-0.1, -0.05) is 6.92 Å². The second-order valence-corrected chi connectivity index (χ2v) is 5.87.